The Morgan fingerprint density at radius 3 is 1.75 bits per heavy atom. The van der Waals surface area contributed by atoms with Gasteiger partial charge in [0.25, 0.3) is 0 Å². The van der Waals surface area contributed by atoms with Gasteiger partial charge in [0.05, 0.1) is 0 Å². The smallest absolute Gasteiger partial charge is 0.0435 e. The van der Waals surface area contributed by atoms with E-state index in [9.17, 15) is 0 Å². The second-order valence-corrected chi connectivity index (χ2v) is 4.87. The summed E-state index contributed by atoms with van der Waals surface area (Å²) in [4.78, 5) is 4.81. The summed E-state index contributed by atoms with van der Waals surface area (Å²) < 4.78 is 0. The van der Waals surface area contributed by atoms with Gasteiger partial charge in [0.1, 0.15) is 0 Å². The van der Waals surface area contributed by atoms with Gasteiger partial charge >= 0.3 is 0 Å². The maximum atomic E-state index is 4.81. The van der Waals surface area contributed by atoms with Crippen molar-refractivity contribution in [3.05, 3.63) is 29.6 Å². The van der Waals surface area contributed by atoms with Crippen molar-refractivity contribution in [2.75, 3.05) is 0 Å². The Balaban J connectivity index is 2.77. The number of aromatic nitrogens is 1. The summed E-state index contributed by atoms with van der Waals surface area (Å²) in [6, 6.07) is 6.50. The highest BCUT2D eigenvalue weighted by molar-refractivity contribution is 5.16. The molecule has 0 amide bonds. The van der Waals surface area contributed by atoms with Crippen molar-refractivity contribution in [1.82, 2.24) is 4.98 Å². The SMILES string of the molecule is CCCC(C)c1cccc(C(C)CCC)n1. The van der Waals surface area contributed by atoms with E-state index in [4.69, 9.17) is 4.98 Å². The van der Waals surface area contributed by atoms with Crippen molar-refractivity contribution in [3.63, 3.8) is 0 Å². The highest BCUT2D eigenvalue weighted by atomic mass is 14.7. The first kappa shape index (κ1) is 13.2. The lowest BCUT2D eigenvalue weighted by Gasteiger charge is -2.14. The molecule has 1 aromatic heterocycles. The fraction of sp³-hybridized carbons (Fsp3) is 0.667. The molecule has 0 N–H and O–H groups in total. The van der Waals surface area contributed by atoms with Crippen LogP contribution >= 0.6 is 0 Å². The summed E-state index contributed by atoms with van der Waals surface area (Å²) in [5.41, 5.74) is 2.53. The summed E-state index contributed by atoms with van der Waals surface area (Å²) >= 11 is 0. The Labute approximate surface area is 100 Å². The molecule has 0 fully saturated rings. The van der Waals surface area contributed by atoms with Crippen LogP contribution in [0.1, 0.15) is 76.6 Å². The van der Waals surface area contributed by atoms with Gasteiger partial charge in [-0.15, -0.1) is 0 Å². The minimum atomic E-state index is 0.596. The summed E-state index contributed by atoms with van der Waals surface area (Å²) in [5, 5.41) is 0. The number of rotatable bonds is 6. The topological polar surface area (TPSA) is 12.9 Å². The first-order chi connectivity index (χ1) is 7.69. The van der Waals surface area contributed by atoms with Gasteiger partial charge in [-0.2, -0.15) is 0 Å². The molecule has 1 aromatic rings. The highest BCUT2D eigenvalue weighted by Crippen LogP contribution is 2.23. The Hall–Kier alpha value is -0.850. The maximum absolute atomic E-state index is 4.81. The summed E-state index contributed by atoms with van der Waals surface area (Å²) in [7, 11) is 0. The molecule has 0 saturated carbocycles. The number of nitrogens with zero attached hydrogens (tertiary/aromatic N) is 1. The largest absolute Gasteiger partial charge is 0.257 e. The third kappa shape index (κ3) is 3.62. The number of hydrogen-bond donors (Lipinski definition) is 0. The van der Waals surface area contributed by atoms with Gasteiger partial charge in [0.2, 0.25) is 0 Å². The quantitative estimate of drug-likeness (QED) is 0.664. The Bertz CT molecular complexity index is 279. The molecule has 90 valence electrons. The predicted octanol–water partition coefficient (Wildman–Crippen LogP) is 4.89. The number of hydrogen-bond acceptors (Lipinski definition) is 1. The molecule has 1 heterocycles. The van der Waals surface area contributed by atoms with Crippen molar-refractivity contribution < 1.29 is 0 Å². The van der Waals surface area contributed by atoms with Gasteiger partial charge < -0.3 is 0 Å². The molecule has 0 radical (unpaired) electrons. The van der Waals surface area contributed by atoms with Crippen LogP contribution in [0.4, 0.5) is 0 Å². The molecule has 0 bridgehead atoms. The Kier molecular flexibility index (Phi) is 5.51. The first-order valence-electron chi connectivity index (χ1n) is 6.65. The predicted molar refractivity (Wildman–Crippen MR) is 70.9 cm³/mol. The highest BCUT2D eigenvalue weighted by Gasteiger charge is 2.10. The molecule has 16 heavy (non-hydrogen) atoms. The van der Waals surface area contributed by atoms with Gasteiger partial charge in [-0.25, -0.2) is 0 Å². The minimum Gasteiger partial charge on any atom is -0.257 e. The van der Waals surface area contributed by atoms with Gasteiger partial charge in [0, 0.05) is 11.4 Å². The average molecular weight is 219 g/mol. The second kappa shape index (κ2) is 6.67. The van der Waals surface area contributed by atoms with Crippen LogP contribution in [0.15, 0.2) is 18.2 Å². The van der Waals surface area contributed by atoms with E-state index in [-0.39, 0.29) is 0 Å². The fourth-order valence-electron chi connectivity index (χ4n) is 2.18. The van der Waals surface area contributed by atoms with Crippen molar-refractivity contribution in [2.24, 2.45) is 0 Å². The maximum Gasteiger partial charge on any atom is 0.0435 e. The van der Waals surface area contributed by atoms with Crippen LogP contribution in [-0.4, -0.2) is 4.98 Å². The van der Waals surface area contributed by atoms with Gasteiger partial charge in [0.15, 0.2) is 0 Å². The molecule has 1 heteroatoms. The molecule has 2 atom stereocenters. The molecule has 0 spiro atoms. The minimum absolute atomic E-state index is 0.596. The normalized spacial score (nSPS) is 14.8. The molecule has 0 aromatic carbocycles. The summed E-state index contributed by atoms with van der Waals surface area (Å²) in [5.74, 6) is 1.19. The zero-order valence-electron chi connectivity index (χ0n) is 11.2. The lowest BCUT2D eigenvalue weighted by molar-refractivity contribution is 0.616. The van der Waals surface area contributed by atoms with Crippen molar-refractivity contribution in [2.45, 2.75) is 65.2 Å². The third-order valence-corrected chi connectivity index (χ3v) is 3.25. The monoisotopic (exact) mass is 219 g/mol. The van der Waals surface area contributed by atoms with E-state index in [0.717, 1.165) is 0 Å². The summed E-state index contributed by atoms with van der Waals surface area (Å²) in [6.07, 6.45) is 4.94. The molecule has 0 aliphatic rings. The van der Waals surface area contributed by atoms with Crippen LogP contribution in [-0.2, 0) is 0 Å². The average Bonchev–Trinajstić information content (AvgIpc) is 2.30. The molecule has 1 nitrogen and oxygen atoms in total. The lowest BCUT2D eigenvalue weighted by atomic mass is 9.98. The van der Waals surface area contributed by atoms with Crippen LogP contribution in [0.2, 0.25) is 0 Å². The van der Waals surface area contributed by atoms with Crippen molar-refractivity contribution >= 4 is 0 Å². The van der Waals surface area contributed by atoms with Crippen LogP contribution in [0.25, 0.3) is 0 Å². The molecule has 1 rings (SSSR count). The van der Waals surface area contributed by atoms with E-state index in [1.54, 1.807) is 0 Å². The van der Waals surface area contributed by atoms with E-state index < -0.39 is 0 Å². The zero-order chi connectivity index (χ0) is 12.0. The van der Waals surface area contributed by atoms with Crippen LogP contribution in [0, 0.1) is 0 Å². The van der Waals surface area contributed by atoms with Crippen molar-refractivity contribution in [3.8, 4) is 0 Å². The third-order valence-electron chi connectivity index (χ3n) is 3.25. The van der Waals surface area contributed by atoms with E-state index in [2.05, 4.69) is 45.9 Å². The van der Waals surface area contributed by atoms with E-state index in [1.165, 1.54) is 37.1 Å². The fourth-order valence-corrected chi connectivity index (χ4v) is 2.18. The van der Waals surface area contributed by atoms with Gasteiger partial charge in [-0.3, -0.25) is 4.98 Å². The van der Waals surface area contributed by atoms with Crippen LogP contribution in [0.3, 0.4) is 0 Å². The first-order valence-corrected chi connectivity index (χ1v) is 6.65. The van der Waals surface area contributed by atoms with Gasteiger partial charge in [-0.05, 0) is 36.8 Å². The number of pyridine rings is 1. The van der Waals surface area contributed by atoms with E-state index in [0.29, 0.717) is 11.8 Å². The van der Waals surface area contributed by atoms with E-state index >= 15 is 0 Å². The van der Waals surface area contributed by atoms with Crippen molar-refractivity contribution in [1.29, 1.82) is 0 Å². The van der Waals surface area contributed by atoms with Crippen LogP contribution in [0.5, 0.6) is 0 Å². The molecule has 2 unspecified atom stereocenters. The Morgan fingerprint density at radius 1 is 0.938 bits per heavy atom. The van der Waals surface area contributed by atoms with Gasteiger partial charge in [-0.1, -0.05) is 46.6 Å². The molecule has 0 aliphatic heterocycles. The standard InChI is InChI=1S/C15H25N/c1-5-8-12(3)14-10-7-11-15(16-14)13(4)9-6-2/h7,10-13H,5-6,8-9H2,1-4H3. The molecule has 0 aliphatic carbocycles. The zero-order valence-corrected chi connectivity index (χ0v) is 11.2. The molecular formula is C15H25N. The lowest BCUT2D eigenvalue weighted by Crippen LogP contribution is -2.02. The summed E-state index contributed by atoms with van der Waals surface area (Å²) in [6.45, 7) is 9.03. The van der Waals surface area contributed by atoms with Crippen LogP contribution < -0.4 is 0 Å². The molecular weight excluding hydrogens is 194 g/mol. The molecule has 0 saturated heterocycles. The Morgan fingerprint density at radius 2 is 1.38 bits per heavy atom. The second-order valence-electron chi connectivity index (χ2n) is 4.87. The van der Waals surface area contributed by atoms with E-state index in [1.807, 2.05) is 0 Å².